The summed E-state index contributed by atoms with van der Waals surface area (Å²) < 4.78 is 12.9. The predicted molar refractivity (Wildman–Crippen MR) is 82.3 cm³/mol. The second-order valence-electron chi connectivity index (χ2n) is 5.12. The SMILES string of the molecule is CC(C)c1ccc(C(Br)Cc2ccc(F)cc2)cc1. The molecule has 100 valence electrons. The van der Waals surface area contributed by atoms with Crippen LogP contribution in [0.2, 0.25) is 0 Å². The Balaban J connectivity index is 2.07. The molecule has 0 aromatic heterocycles. The molecule has 0 fully saturated rings. The third kappa shape index (κ3) is 3.90. The minimum atomic E-state index is -0.184. The molecule has 0 saturated heterocycles. The molecule has 0 radical (unpaired) electrons. The van der Waals surface area contributed by atoms with Crippen LogP contribution in [0.4, 0.5) is 4.39 Å². The van der Waals surface area contributed by atoms with Gasteiger partial charge in [-0.05, 0) is 41.2 Å². The van der Waals surface area contributed by atoms with Crippen molar-refractivity contribution >= 4 is 15.9 Å². The summed E-state index contributed by atoms with van der Waals surface area (Å²) >= 11 is 3.71. The maximum absolute atomic E-state index is 12.9. The Bertz CT molecular complexity index is 514. The first-order chi connectivity index (χ1) is 9.06. The van der Waals surface area contributed by atoms with Crippen molar-refractivity contribution in [1.29, 1.82) is 0 Å². The molecular weight excluding hydrogens is 303 g/mol. The highest BCUT2D eigenvalue weighted by Gasteiger charge is 2.09. The third-order valence-corrected chi connectivity index (χ3v) is 4.15. The summed E-state index contributed by atoms with van der Waals surface area (Å²) in [6, 6.07) is 15.4. The standard InChI is InChI=1S/C17H18BrF/c1-12(2)14-5-7-15(8-6-14)17(18)11-13-3-9-16(19)10-4-13/h3-10,12,17H,11H2,1-2H3. The zero-order valence-electron chi connectivity index (χ0n) is 11.2. The molecule has 0 nitrogen and oxygen atoms in total. The summed E-state index contributed by atoms with van der Waals surface area (Å²) in [7, 11) is 0. The molecule has 2 aromatic carbocycles. The van der Waals surface area contributed by atoms with Gasteiger partial charge in [-0.2, -0.15) is 0 Å². The highest BCUT2D eigenvalue weighted by molar-refractivity contribution is 9.09. The van der Waals surface area contributed by atoms with Gasteiger partial charge >= 0.3 is 0 Å². The van der Waals surface area contributed by atoms with Crippen LogP contribution in [0.5, 0.6) is 0 Å². The zero-order valence-corrected chi connectivity index (χ0v) is 12.8. The molecule has 2 rings (SSSR count). The van der Waals surface area contributed by atoms with Crippen LogP contribution in [-0.4, -0.2) is 0 Å². The van der Waals surface area contributed by atoms with Gasteiger partial charge in [0.2, 0.25) is 0 Å². The molecular formula is C17H18BrF. The summed E-state index contributed by atoms with van der Waals surface area (Å²) in [4.78, 5) is 0.263. The lowest BCUT2D eigenvalue weighted by Gasteiger charge is -2.12. The molecule has 0 saturated carbocycles. The first-order valence-electron chi connectivity index (χ1n) is 6.54. The van der Waals surface area contributed by atoms with Crippen LogP contribution in [0.15, 0.2) is 48.5 Å². The van der Waals surface area contributed by atoms with Crippen molar-refractivity contribution in [3.05, 3.63) is 71.0 Å². The summed E-state index contributed by atoms with van der Waals surface area (Å²) in [6.07, 6.45) is 0.862. The van der Waals surface area contributed by atoms with Gasteiger partial charge in [0.25, 0.3) is 0 Å². The number of rotatable bonds is 4. The quantitative estimate of drug-likeness (QED) is 0.640. The molecule has 0 N–H and O–H groups in total. The van der Waals surface area contributed by atoms with E-state index in [4.69, 9.17) is 0 Å². The molecule has 0 amide bonds. The lowest BCUT2D eigenvalue weighted by Crippen LogP contribution is -1.96. The Labute approximate surface area is 122 Å². The highest BCUT2D eigenvalue weighted by atomic mass is 79.9. The van der Waals surface area contributed by atoms with Crippen LogP contribution in [-0.2, 0) is 6.42 Å². The van der Waals surface area contributed by atoms with E-state index in [1.807, 2.05) is 12.1 Å². The molecule has 2 aromatic rings. The normalized spacial score (nSPS) is 12.7. The Morgan fingerprint density at radius 2 is 1.42 bits per heavy atom. The molecule has 0 aliphatic carbocycles. The molecule has 0 spiro atoms. The Morgan fingerprint density at radius 1 is 0.895 bits per heavy atom. The monoisotopic (exact) mass is 320 g/mol. The molecule has 0 heterocycles. The minimum absolute atomic E-state index is 0.184. The maximum atomic E-state index is 12.9. The minimum Gasteiger partial charge on any atom is -0.207 e. The zero-order chi connectivity index (χ0) is 13.8. The van der Waals surface area contributed by atoms with Gasteiger partial charge in [0.1, 0.15) is 5.82 Å². The van der Waals surface area contributed by atoms with Crippen LogP contribution in [0.3, 0.4) is 0 Å². The van der Waals surface area contributed by atoms with Gasteiger partial charge < -0.3 is 0 Å². The van der Waals surface area contributed by atoms with E-state index in [1.165, 1.54) is 23.3 Å². The van der Waals surface area contributed by atoms with Gasteiger partial charge in [0.05, 0.1) is 0 Å². The predicted octanol–water partition coefficient (Wildman–Crippen LogP) is 5.63. The largest absolute Gasteiger partial charge is 0.207 e. The van der Waals surface area contributed by atoms with Crippen molar-refractivity contribution < 1.29 is 4.39 Å². The van der Waals surface area contributed by atoms with E-state index < -0.39 is 0 Å². The van der Waals surface area contributed by atoms with Gasteiger partial charge in [0, 0.05) is 4.83 Å². The summed E-state index contributed by atoms with van der Waals surface area (Å²) in [5.41, 5.74) is 3.75. The molecule has 0 aliphatic heterocycles. The van der Waals surface area contributed by atoms with E-state index in [9.17, 15) is 4.39 Å². The molecule has 1 atom stereocenters. The topological polar surface area (TPSA) is 0 Å². The average Bonchev–Trinajstić information content (AvgIpc) is 2.41. The number of alkyl halides is 1. The lowest BCUT2D eigenvalue weighted by atomic mass is 9.99. The first kappa shape index (κ1) is 14.3. The summed E-state index contributed by atoms with van der Waals surface area (Å²) in [5.74, 6) is 0.371. The second-order valence-corrected chi connectivity index (χ2v) is 6.22. The van der Waals surface area contributed by atoms with E-state index in [-0.39, 0.29) is 10.6 Å². The van der Waals surface area contributed by atoms with Gasteiger partial charge in [-0.3, -0.25) is 0 Å². The molecule has 0 bridgehead atoms. The van der Waals surface area contributed by atoms with Gasteiger partial charge in [0.15, 0.2) is 0 Å². The van der Waals surface area contributed by atoms with Crippen LogP contribution >= 0.6 is 15.9 Å². The van der Waals surface area contributed by atoms with Crippen molar-refractivity contribution in [3.8, 4) is 0 Å². The Hall–Kier alpha value is -1.15. The summed E-state index contributed by atoms with van der Waals surface area (Å²) in [6.45, 7) is 4.39. The van der Waals surface area contributed by atoms with Crippen molar-refractivity contribution in [1.82, 2.24) is 0 Å². The van der Waals surface area contributed by atoms with E-state index in [1.54, 1.807) is 0 Å². The number of benzene rings is 2. The molecule has 2 heteroatoms. The Kier molecular flexibility index (Phi) is 4.76. The number of halogens is 2. The highest BCUT2D eigenvalue weighted by Crippen LogP contribution is 2.28. The molecule has 0 aliphatic rings. The smallest absolute Gasteiger partial charge is 0.123 e. The van der Waals surface area contributed by atoms with Gasteiger partial charge in [-0.15, -0.1) is 0 Å². The maximum Gasteiger partial charge on any atom is 0.123 e. The van der Waals surface area contributed by atoms with Crippen LogP contribution < -0.4 is 0 Å². The van der Waals surface area contributed by atoms with E-state index in [0.29, 0.717) is 5.92 Å². The lowest BCUT2D eigenvalue weighted by molar-refractivity contribution is 0.627. The van der Waals surface area contributed by atoms with Crippen LogP contribution in [0.1, 0.15) is 41.3 Å². The van der Waals surface area contributed by atoms with Gasteiger partial charge in [-0.25, -0.2) is 4.39 Å². The average molecular weight is 321 g/mol. The fourth-order valence-electron chi connectivity index (χ4n) is 2.04. The fourth-order valence-corrected chi connectivity index (χ4v) is 2.71. The molecule has 1 unspecified atom stereocenters. The fraction of sp³-hybridized carbons (Fsp3) is 0.294. The van der Waals surface area contributed by atoms with Crippen molar-refractivity contribution in [2.75, 3.05) is 0 Å². The molecule has 19 heavy (non-hydrogen) atoms. The van der Waals surface area contributed by atoms with Crippen molar-refractivity contribution in [3.63, 3.8) is 0 Å². The van der Waals surface area contributed by atoms with E-state index in [2.05, 4.69) is 54.0 Å². The van der Waals surface area contributed by atoms with Crippen LogP contribution in [0, 0.1) is 5.82 Å². The van der Waals surface area contributed by atoms with Crippen molar-refractivity contribution in [2.24, 2.45) is 0 Å². The Morgan fingerprint density at radius 3 is 1.95 bits per heavy atom. The number of hydrogen-bond donors (Lipinski definition) is 0. The van der Waals surface area contributed by atoms with Crippen LogP contribution in [0.25, 0.3) is 0 Å². The second kappa shape index (κ2) is 6.33. The summed E-state index contributed by atoms with van der Waals surface area (Å²) in [5, 5.41) is 0. The third-order valence-electron chi connectivity index (χ3n) is 3.29. The van der Waals surface area contributed by atoms with Gasteiger partial charge in [-0.1, -0.05) is 66.2 Å². The number of hydrogen-bond acceptors (Lipinski definition) is 0. The van der Waals surface area contributed by atoms with Crippen molar-refractivity contribution in [2.45, 2.75) is 31.0 Å². The first-order valence-corrected chi connectivity index (χ1v) is 7.46. The van der Waals surface area contributed by atoms with E-state index in [0.717, 1.165) is 12.0 Å². The van der Waals surface area contributed by atoms with E-state index >= 15 is 0 Å².